The third kappa shape index (κ3) is 3.55. The van der Waals surface area contributed by atoms with Crippen molar-refractivity contribution in [3.63, 3.8) is 0 Å². The molecule has 1 saturated carbocycles. The van der Waals surface area contributed by atoms with Crippen LogP contribution in [0.1, 0.15) is 43.5 Å². The lowest BCUT2D eigenvalue weighted by Gasteiger charge is -2.21. The predicted octanol–water partition coefficient (Wildman–Crippen LogP) is 4.97. The van der Waals surface area contributed by atoms with Gasteiger partial charge in [-0.3, -0.25) is 4.79 Å². The van der Waals surface area contributed by atoms with Crippen LogP contribution in [0, 0.1) is 11.7 Å². The Kier molecular flexibility index (Phi) is 4.72. The first-order valence-electron chi connectivity index (χ1n) is 9.31. The summed E-state index contributed by atoms with van der Waals surface area (Å²) in [6, 6.07) is 6.01. The molecule has 0 radical (unpaired) electrons. The smallest absolute Gasteiger partial charge is 0.343 e. The van der Waals surface area contributed by atoms with Crippen LogP contribution < -0.4 is 5.56 Å². The lowest BCUT2D eigenvalue weighted by atomic mass is 9.86. The van der Waals surface area contributed by atoms with Gasteiger partial charge in [0.2, 0.25) is 0 Å². The zero-order valence-electron chi connectivity index (χ0n) is 15.0. The number of fused-ring (bicyclic) bond motifs is 1. The molecule has 0 spiro atoms. The maximum Gasteiger partial charge on any atom is 0.435 e. The Morgan fingerprint density at radius 3 is 2.43 bits per heavy atom. The van der Waals surface area contributed by atoms with E-state index in [1.165, 1.54) is 24.6 Å². The van der Waals surface area contributed by atoms with E-state index in [0.717, 1.165) is 42.3 Å². The Morgan fingerprint density at radius 1 is 1.11 bits per heavy atom. The number of aromatic amines is 1. The van der Waals surface area contributed by atoms with Gasteiger partial charge < -0.3 is 4.98 Å². The Hall–Kier alpha value is -2.64. The maximum atomic E-state index is 13.6. The molecule has 1 aliphatic rings. The SMILES string of the molecule is O=c1cc(CC2CCCCC2)[nH]c2c(-c3ccc(F)cc3)c(C(F)(F)F)nn12. The fraction of sp³-hybridized carbons (Fsp3) is 0.400. The molecule has 1 fully saturated rings. The number of aromatic nitrogens is 3. The van der Waals surface area contributed by atoms with Crippen LogP contribution in [-0.4, -0.2) is 14.6 Å². The van der Waals surface area contributed by atoms with E-state index < -0.39 is 23.2 Å². The van der Waals surface area contributed by atoms with Crippen LogP contribution in [0.15, 0.2) is 35.1 Å². The number of H-pyrrole nitrogens is 1. The largest absolute Gasteiger partial charge is 0.435 e. The molecule has 0 saturated heterocycles. The van der Waals surface area contributed by atoms with Crippen molar-refractivity contribution in [1.82, 2.24) is 14.6 Å². The van der Waals surface area contributed by atoms with Gasteiger partial charge in [0.25, 0.3) is 5.56 Å². The van der Waals surface area contributed by atoms with Gasteiger partial charge in [-0.2, -0.15) is 22.8 Å². The predicted molar refractivity (Wildman–Crippen MR) is 96.5 cm³/mol. The first kappa shape index (κ1) is 18.7. The molecule has 0 aliphatic heterocycles. The standard InChI is InChI=1S/C20H19F4N3O/c21-14-8-6-13(7-9-14)17-18(20(22,23)24)26-27-16(28)11-15(25-19(17)27)10-12-4-2-1-3-5-12/h6-9,11-12,25H,1-5,10H2. The summed E-state index contributed by atoms with van der Waals surface area (Å²) in [5, 5.41) is 3.52. The highest BCUT2D eigenvalue weighted by Gasteiger charge is 2.39. The van der Waals surface area contributed by atoms with Crippen molar-refractivity contribution < 1.29 is 17.6 Å². The van der Waals surface area contributed by atoms with E-state index in [1.807, 2.05) is 0 Å². The second kappa shape index (κ2) is 7.07. The molecule has 0 unspecified atom stereocenters. The topological polar surface area (TPSA) is 50.2 Å². The highest BCUT2D eigenvalue weighted by atomic mass is 19.4. The Bertz CT molecular complexity index is 1040. The van der Waals surface area contributed by atoms with Gasteiger partial charge in [0.1, 0.15) is 11.5 Å². The van der Waals surface area contributed by atoms with Gasteiger partial charge in [-0.05, 0) is 30.0 Å². The molecule has 1 N–H and O–H groups in total. The van der Waals surface area contributed by atoms with Gasteiger partial charge in [0.15, 0.2) is 5.69 Å². The molecule has 2 aromatic heterocycles. The van der Waals surface area contributed by atoms with Crippen molar-refractivity contribution in [3.05, 3.63) is 57.9 Å². The number of halogens is 4. The summed E-state index contributed by atoms with van der Waals surface area (Å²) in [4.78, 5) is 15.5. The maximum absolute atomic E-state index is 13.6. The molecular weight excluding hydrogens is 374 g/mol. The van der Waals surface area contributed by atoms with E-state index in [9.17, 15) is 22.4 Å². The Balaban J connectivity index is 1.88. The summed E-state index contributed by atoms with van der Waals surface area (Å²) in [5.74, 6) is -0.147. The van der Waals surface area contributed by atoms with Crippen LogP contribution in [0.25, 0.3) is 16.8 Å². The monoisotopic (exact) mass is 393 g/mol. The summed E-state index contributed by atoms with van der Waals surface area (Å²) in [7, 11) is 0. The number of nitrogens with one attached hydrogen (secondary N) is 1. The number of nitrogens with zero attached hydrogens (tertiary/aromatic N) is 2. The third-order valence-electron chi connectivity index (χ3n) is 5.31. The number of hydrogen-bond acceptors (Lipinski definition) is 2. The molecule has 0 atom stereocenters. The van der Waals surface area contributed by atoms with E-state index in [1.54, 1.807) is 0 Å². The van der Waals surface area contributed by atoms with Crippen molar-refractivity contribution in [2.24, 2.45) is 5.92 Å². The van der Waals surface area contributed by atoms with Crippen LogP contribution in [-0.2, 0) is 12.6 Å². The first-order valence-corrected chi connectivity index (χ1v) is 9.31. The van der Waals surface area contributed by atoms with Gasteiger partial charge in [0.05, 0.1) is 5.56 Å². The minimum atomic E-state index is -4.75. The first-order chi connectivity index (χ1) is 13.3. The minimum absolute atomic E-state index is 0.0164. The summed E-state index contributed by atoms with van der Waals surface area (Å²) in [6.45, 7) is 0. The van der Waals surface area contributed by atoms with Crippen LogP contribution >= 0.6 is 0 Å². The van der Waals surface area contributed by atoms with E-state index in [4.69, 9.17) is 0 Å². The molecule has 0 bridgehead atoms. The van der Waals surface area contributed by atoms with Crippen molar-refractivity contribution in [1.29, 1.82) is 0 Å². The highest BCUT2D eigenvalue weighted by Crippen LogP contribution is 2.38. The number of hydrogen-bond donors (Lipinski definition) is 1. The molecule has 0 amide bonds. The van der Waals surface area contributed by atoms with Crippen LogP contribution in [0.3, 0.4) is 0 Å². The van der Waals surface area contributed by atoms with E-state index >= 15 is 0 Å². The summed E-state index contributed by atoms with van der Waals surface area (Å²) >= 11 is 0. The second-order valence-electron chi connectivity index (χ2n) is 7.33. The van der Waals surface area contributed by atoms with Crippen LogP contribution in [0.5, 0.6) is 0 Å². The molecule has 2 heterocycles. The van der Waals surface area contributed by atoms with Gasteiger partial charge >= 0.3 is 6.18 Å². The number of alkyl halides is 3. The van der Waals surface area contributed by atoms with Gasteiger partial charge in [0, 0.05) is 11.8 Å². The summed E-state index contributed by atoms with van der Waals surface area (Å²) < 4.78 is 54.8. The van der Waals surface area contributed by atoms with Gasteiger partial charge in [-0.15, -0.1) is 0 Å². The van der Waals surface area contributed by atoms with Crippen molar-refractivity contribution >= 4 is 5.65 Å². The number of benzene rings is 1. The van der Waals surface area contributed by atoms with Gasteiger partial charge in [-0.1, -0.05) is 44.2 Å². The Labute approximate surface area is 158 Å². The molecule has 3 aromatic rings. The zero-order valence-corrected chi connectivity index (χ0v) is 15.0. The molecule has 1 aliphatic carbocycles. The molecule has 4 rings (SSSR count). The van der Waals surface area contributed by atoms with Gasteiger partial charge in [-0.25, -0.2) is 4.39 Å². The molecular formula is C20H19F4N3O. The summed E-state index contributed by atoms with van der Waals surface area (Å²) in [5.41, 5.74) is -1.29. The highest BCUT2D eigenvalue weighted by molar-refractivity contribution is 5.80. The van der Waals surface area contributed by atoms with E-state index in [0.29, 0.717) is 18.0 Å². The molecule has 8 heteroatoms. The second-order valence-corrected chi connectivity index (χ2v) is 7.33. The molecule has 148 valence electrons. The van der Waals surface area contributed by atoms with Crippen molar-refractivity contribution in [3.8, 4) is 11.1 Å². The third-order valence-corrected chi connectivity index (χ3v) is 5.31. The molecule has 4 nitrogen and oxygen atoms in total. The lowest BCUT2D eigenvalue weighted by molar-refractivity contribution is -0.140. The van der Waals surface area contributed by atoms with Crippen molar-refractivity contribution in [2.45, 2.75) is 44.7 Å². The molecule has 28 heavy (non-hydrogen) atoms. The average Bonchev–Trinajstić information content (AvgIpc) is 3.04. The average molecular weight is 393 g/mol. The van der Waals surface area contributed by atoms with Crippen LogP contribution in [0.4, 0.5) is 17.6 Å². The normalized spacial score (nSPS) is 16.0. The zero-order chi connectivity index (χ0) is 19.9. The fourth-order valence-electron chi connectivity index (χ4n) is 3.99. The molecule has 1 aromatic carbocycles. The minimum Gasteiger partial charge on any atom is -0.343 e. The lowest BCUT2D eigenvalue weighted by Crippen LogP contribution is -2.18. The quantitative estimate of drug-likeness (QED) is 0.639. The van der Waals surface area contributed by atoms with E-state index in [2.05, 4.69) is 10.1 Å². The summed E-state index contributed by atoms with van der Waals surface area (Å²) in [6.07, 6.45) is 1.40. The number of rotatable bonds is 3. The van der Waals surface area contributed by atoms with E-state index in [-0.39, 0.29) is 16.8 Å². The van der Waals surface area contributed by atoms with Crippen molar-refractivity contribution in [2.75, 3.05) is 0 Å². The fourth-order valence-corrected chi connectivity index (χ4v) is 3.99. The Morgan fingerprint density at radius 2 is 1.79 bits per heavy atom. The van der Waals surface area contributed by atoms with Crippen LogP contribution in [0.2, 0.25) is 0 Å².